The maximum Gasteiger partial charge on any atom is 0.518 e. The Morgan fingerprint density at radius 3 is 2.05 bits per heavy atom. The fourth-order valence-corrected chi connectivity index (χ4v) is 1.01. The van der Waals surface area contributed by atoms with Gasteiger partial charge >= 0.3 is 11.9 Å². The summed E-state index contributed by atoms with van der Waals surface area (Å²) in [5.41, 5.74) is 0. The van der Waals surface area contributed by atoms with Gasteiger partial charge in [0.15, 0.2) is 0 Å². The zero-order valence-electron chi connectivity index (χ0n) is 11.6. The Morgan fingerprint density at radius 1 is 1.21 bits per heavy atom. The Bertz CT molecular complexity index is 437. The molecular weight excluding hydrogens is 254 g/mol. The number of hydrogen-bond acceptors (Lipinski definition) is 6. The molecule has 0 saturated carbocycles. The van der Waals surface area contributed by atoms with Crippen LogP contribution in [-0.4, -0.2) is 25.5 Å². The molecule has 0 unspecified atom stereocenters. The van der Waals surface area contributed by atoms with Gasteiger partial charge < -0.3 is 23.7 Å². The van der Waals surface area contributed by atoms with Crippen LogP contribution in [0.2, 0.25) is 0 Å². The van der Waals surface area contributed by atoms with E-state index in [0.717, 1.165) is 0 Å². The minimum atomic E-state index is -0.625. The molecular formula is C12H19NO6. The van der Waals surface area contributed by atoms with Crippen LogP contribution in [0.1, 0.15) is 31.3 Å². The fraction of sp³-hybridized carbons (Fsp3) is 0.583. The maximum absolute atomic E-state index is 10.4. The van der Waals surface area contributed by atoms with Gasteiger partial charge in [-0.15, -0.1) is 0 Å². The first kappa shape index (κ1) is 16.9. The molecule has 1 amide bonds. The van der Waals surface area contributed by atoms with Crippen molar-refractivity contribution in [3.8, 4) is 0 Å². The number of nitrogens with one attached hydrogen (secondary N) is 1. The highest BCUT2D eigenvalue weighted by Crippen LogP contribution is 1.99. The lowest BCUT2D eigenvalue weighted by molar-refractivity contribution is -0.117. The number of ether oxygens (including phenoxy) is 1. The van der Waals surface area contributed by atoms with Gasteiger partial charge in [0.1, 0.15) is 17.3 Å². The highest BCUT2D eigenvalue weighted by Gasteiger charge is 1.99. The number of rotatable bonds is 4. The molecule has 0 spiro atoms. The smallest absolute Gasteiger partial charge is 0.453 e. The molecule has 0 aliphatic heterocycles. The van der Waals surface area contributed by atoms with E-state index in [1.54, 1.807) is 13.8 Å². The Morgan fingerprint density at radius 2 is 1.74 bits per heavy atom. The first-order chi connectivity index (χ1) is 8.86. The summed E-state index contributed by atoms with van der Waals surface area (Å²) in [5, 5.41) is 2.47. The highest BCUT2D eigenvalue weighted by molar-refractivity contribution is 5.75. The van der Waals surface area contributed by atoms with E-state index in [4.69, 9.17) is 0 Å². The van der Waals surface area contributed by atoms with Gasteiger partial charge in [-0.25, -0.2) is 9.59 Å². The minimum Gasteiger partial charge on any atom is -0.453 e. The SMILES string of the molecule is COC(=O)NCCCC(C)=O.Cc1oc(=O)oc1C. The summed E-state index contributed by atoms with van der Waals surface area (Å²) in [4.78, 5) is 31.0. The van der Waals surface area contributed by atoms with Gasteiger partial charge in [-0.1, -0.05) is 0 Å². The molecule has 1 rings (SSSR count). The van der Waals surface area contributed by atoms with Crippen molar-refractivity contribution < 1.29 is 23.2 Å². The molecule has 0 aliphatic carbocycles. The van der Waals surface area contributed by atoms with E-state index in [-0.39, 0.29) is 5.78 Å². The van der Waals surface area contributed by atoms with E-state index in [9.17, 15) is 14.4 Å². The molecule has 1 aromatic rings. The van der Waals surface area contributed by atoms with Crippen molar-refractivity contribution in [2.45, 2.75) is 33.6 Å². The molecule has 7 heteroatoms. The fourth-order valence-electron chi connectivity index (χ4n) is 1.01. The van der Waals surface area contributed by atoms with Crippen LogP contribution in [0.25, 0.3) is 0 Å². The summed E-state index contributed by atoms with van der Waals surface area (Å²) in [6.45, 7) is 5.38. The monoisotopic (exact) mass is 273 g/mol. The standard InChI is InChI=1S/C7H13NO3.C5H6O3/c1-6(9)4-3-5-8-7(10)11-2;1-3-4(2)8-5(6)7-3/h3-5H2,1-2H3,(H,8,10);1-2H3. The molecule has 1 N–H and O–H groups in total. The first-order valence-corrected chi connectivity index (χ1v) is 5.75. The van der Waals surface area contributed by atoms with Crippen molar-refractivity contribution in [3.63, 3.8) is 0 Å². The van der Waals surface area contributed by atoms with Gasteiger partial charge in [-0.3, -0.25) is 0 Å². The number of Topliss-reactive ketones (excluding diaryl/α,β-unsaturated/α-hetero) is 1. The van der Waals surface area contributed by atoms with Crippen LogP contribution in [0, 0.1) is 13.8 Å². The number of carbonyl (C=O) groups excluding carboxylic acids is 2. The molecule has 1 aromatic heterocycles. The molecule has 0 aliphatic rings. The molecule has 0 atom stereocenters. The van der Waals surface area contributed by atoms with Crippen molar-refractivity contribution in [1.29, 1.82) is 0 Å². The van der Waals surface area contributed by atoms with Crippen LogP contribution >= 0.6 is 0 Å². The summed E-state index contributed by atoms with van der Waals surface area (Å²) < 4.78 is 13.3. The van der Waals surface area contributed by atoms with Gasteiger partial charge in [-0.05, 0) is 27.2 Å². The molecule has 7 nitrogen and oxygen atoms in total. The predicted octanol–water partition coefficient (Wildman–Crippen LogP) is 1.56. The van der Waals surface area contributed by atoms with Gasteiger partial charge in [0.2, 0.25) is 0 Å². The molecule has 0 fully saturated rings. The van der Waals surface area contributed by atoms with E-state index in [2.05, 4.69) is 18.9 Å². The van der Waals surface area contributed by atoms with Crippen molar-refractivity contribution in [1.82, 2.24) is 5.32 Å². The summed E-state index contributed by atoms with van der Waals surface area (Å²) in [7, 11) is 1.31. The Balaban J connectivity index is 0.000000356. The predicted molar refractivity (Wildman–Crippen MR) is 67.0 cm³/mol. The lowest BCUT2D eigenvalue weighted by atomic mass is 10.2. The van der Waals surface area contributed by atoms with Gasteiger partial charge in [0, 0.05) is 13.0 Å². The number of ketones is 1. The molecule has 0 bridgehead atoms. The van der Waals surface area contributed by atoms with Gasteiger partial charge in [-0.2, -0.15) is 0 Å². The van der Waals surface area contributed by atoms with E-state index in [1.165, 1.54) is 14.0 Å². The quantitative estimate of drug-likeness (QED) is 0.836. The minimum absolute atomic E-state index is 0.136. The molecule has 19 heavy (non-hydrogen) atoms. The Hall–Kier alpha value is -2.05. The van der Waals surface area contributed by atoms with Crippen molar-refractivity contribution in [3.05, 3.63) is 22.1 Å². The number of amides is 1. The van der Waals surface area contributed by atoms with E-state index >= 15 is 0 Å². The van der Waals surface area contributed by atoms with E-state index in [0.29, 0.717) is 30.9 Å². The largest absolute Gasteiger partial charge is 0.518 e. The second-order valence-corrected chi connectivity index (χ2v) is 3.79. The number of carbonyl (C=O) groups is 2. The molecule has 0 radical (unpaired) electrons. The third kappa shape index (κ3) is 8.64. The Labute approximate surface area is 110 Å². The first-order valence-electron chi connectivity index (χ1n) is 5.75. The molecule has 0 saturated heterocycles. The topological polar surface area (TPSA) is 98.7 Å². The summed E-state index contributed by atoms with van der Waals surface area (Å²) in [5.74, 6) is 0.613. The molecule has 1 heterocycles. The zero-order chi connectivity index (χ0) is 14.8. The Kier molecular flexibility index (Phi) is 7.99. The summed E-state index contributed by atoms with van der Waals surface area (Å²) in [6, 6.07) is 0. The third-order valence-electron chi connectivity index (χ3n) is 2.13. The van der Waals surface area contributed by atoms with Crippen LogP contribution in [0.5, 0.6) is 0 Å². The second-order valence-electron chi connectivity index (χ2n) is 3.79. The average molecular weight is 273 g/mol. The lowest BCUT2D eigenvalue weighted by Crippen LogP contribution is -2.24. The van der Waals surface area contributed by atoms with Crippen LogP contribution < -0.4 is 11.1 Å². The molecule has 0 aromatic carbocycles. The highest BCUT2D eigenvalue weighted by atomic mass is 16.6. The number of aryl methyl sites for hydroxylation is 2. The van der Waals surface area contributed by atoms with Crippen LogP contribution in [0.3, 0.4) is 0 Å². The van der Waals surface area contributed by atoms with Crippen molar-refractivity contribution in [2.75, 3.05) is 13.7 Å². The van der Waals surface area contributed by atoms with Crippen LogP contribution in [0.15, 0.2) is 13.6 Å². The molecule has 108 valence electrons. The summed E-state index contributed by atoms with van der Waals surface area (Å²) >= 11 is 0. The maximum atomic E-state index is 10.4. The van der Waals surface area contributed by atoms with Gasteiger partial charge in [0.05, 0.1) is 7.11 Å². The lowest BCUT2D eigenvalue weighted by Gasteiger charge is -2.00. The number of alkyl carbamates (subject to hydrolysis) is 1. The summed E-state index contributed by atoms with van der Waals surface area (Å²) in [6.07, 6.45) is 0.725. The average Bonchev–Trinajstić information content (AvgIpc) is 2.62. The van der Waals surface area contributed by atoms with Gasteiger partial charge in [0.25, 0.3) is 0 Å². The van der Waals surface area contributed by atoms with Crippen LogP contribution in [0.4, 0.5) is 4.79 Å². The van der Waals surface area contributed by atoms with Crippen molar-refractivity contribution in [2.24, 2.45) is 0 Å². The number of methoxy groups -OCH3 is 1. The normalized spacial score (nSPS) is 9.26. The van der Waals surface area contributed by atoms with Crippen molar-refractivity contribution >= 4 is 11.9 Å². The van der Waals surface area contributed by atoms with E-state index in [1.807, 2.05) is 0 Å². The van der Waals surface area contributed by atoms with Crippen LogP contribution in [-0.2, 0) is 9.53 Å². The third-order valence-corrected chi connectivity index (χ3v) is 2.13. The number of hydrogen-bond donors (Lipinski definition) is 1. The van der Waals surface area contributed by atoms with E-state index < -0.39 is 11.9 Å². The second kappa shape index (κ2) is 8.96. The zero-order valence-corrected chi connectivity index (χ0v) is 11.6.